The maximum atomic E-state index is 3.12. The zero-order valence-corrected chi connectivity index (χ0v) is 11.5. The number of piperazine rings is 1. The molecule has 1 fully saturated rings. The summed E-state index contributed by atoms with van der Waals surface area (Å²) in [6.45, 7) is 7.71. The van der Waals surface area contributed by atoms with Gasteiger partial charge >= 0.3 is 0 Å². The van der Waals surface area contributed by atoms with Crippen LogP contribution in [0.1, 0.15) is 11.1 Å². The molecule has 3 rings (SSSR count). The molecule has 0 aliphatic carbocycles. The van der Waals surface area contributed by atoms with E-state index < -0.39 is 0 Å². The van der Waals surface area contributed by atoms with Crippen LogP contribution in [0.15, 0.2) is 42.7 Å². The summed E-state index contributed by atoms with van der Waals surface area (Å²) in [6.07, 6.45) is 4.09. The number of aromatic nitrogens is 1. The van der Waals surface area contributed by atoms with Gasteiger partial charge in [-0.05, 0) is 30.7 Å². The number of nitrogens with one attached hydrogen (secondary N) is 1. The molecule has 1 saturated heterocycles. The standard InChI is InChI=1S/C16H21N3/c1-14-2-4-16(5-3-14)19-10-8-18(9-11-19)13-15-6-7-17-12-15/h2-7,12,17H,8-11,13H2,1H3. The van der Waals surface area contributed by atoms with Crippen molar-refractivity contribution in [1.82, 2.24) is 9.88 Å². The lowest BCUT2D eigenvalue weighted by atomic mass is 10.2. The second-order valence-electron chi connectivity index (χ2n) is 5.32. The predicted molar refractivity (Wildman–Crippen MR) is 79.5 cm³/mol. The molecule has 1 aromatic heterocycles. The maximum Gasteiger partial charge on any atom is 0.0367 e. The van der Waals surface area contributed by atoms with E-state index in [1.165, 1.54) is 16.8 Å². The Morgan fingerprint density at radius 2 is 1.74 bits per heavy atom. The zero-order chi connectivity index (χ0) is 13.1. The van der Waals surface area contributed by atoms with Crippen LogP contribution in [0.25, 0.3) is 0 Å². The topological polar surface area (TPSA) is 22.3 Å². The fourth-order valence-electron chi connectivity index (χ4n) is 2.63. The molecule has 1 aliphatic heterocycles. The van der Waals surface area contributed by atoms with Gasteiger partial charge in [-0.3, -0.25) is 4.90 Å². The number of benzene rings is 1. The number of rotatable bonds is 3. The lowest BCUT2D eigenvalue weighted by Crippen LogP contribution is -2.45. The van der Waals surface area contributed by atoms with E-state index in [9.17, 15) is 0 Å². The summed E-state index contributed by atoms with van der Waals surface area (Å²) in [5, 5.41) is 0. The van der Waals surface area contributed by atoms with Crippen LogP contribution in [-0.2, 0) is 6.54 Å². The zero-order valence-electron chi connectivity index (χ0n) is 11.5. The summed E-state index contributed by atoms with van der Waals surface area (Å²) < 4.78 is 0. The highest BCUT2D eigenvalue weighted by atomic mass is 15.3. The monoisotopic (exact) mass is 255 g/mol. The first-order chi connectivity index (χ1) is 9.31. The van der Waals surface area contributed by atoms with Crippen LogP contribution in [0.4, 0.5) is 5.69 Å². The van der Waals surface area contributed by atoms with E-state index in [1.54, 1.807) is 0 Å². The van der Waals surface area contributed by atoms with Crippen molar-refractivity contribution in [3.63, 3.8) is 0 Å². The summed E-state index contributed by atoms with van der Waals surface area (Å²) in [5.41, 5.74) is 4.06. The van der Waals surface area contributed by atoms with E-state index in [0.717, 1.165) is 32.7 Å². The Labute approximate surface area is 114 Å². The summed E-state index contributed by atoms with van der Waals surface area (Å²) in [7, 11) is 0. The van der Waals surface area contributed by atoms with Gasteiger partial charge < -0.3 is 9.88 Å². The van der Waals surface area contributed by atoms with Gasteiger partial charge in [-0.25, -0.2) is 0 Å². The van der Waals surface area contributed by atoms with Crippen molar-refractivity contribution >= 4 is 5.69 Å². The molecule has 1 aromatic carbocycles. The number of aryl methyl sites for hydroxylation is 1. The summed E-state index contributed by atoms with van der Waals surface area (Å²) in [4.78, 5) is 8.12. The number of anilines is 1. The largest absolute Gasteiger partial charge is 0.369 e. The minimum Gasteiger partial charge on any atom is -0.369 e. The third-order valence-electron chi connectivity index (χ3n) is 3.84. The maximum absolute atomic E-state index is 3.12. The Hall–Kier alpha value is -1.74. The van der Waals surface area contributed by atoms with Crippen molar-refractivity contribution in [1.29, 1.82) is 0 Å². The Balaban J connectivity index is 1.56. The molecule has 1 aliphatic rings. The van der Waals surface area contributed by atoms with Crippen LogP contribution >= 0.6 is 0 Å². The van der Waals surface area contributed by atoms with Crippen molar-refractivity contribution in [3.8, 4) is 0 Å². The highest BCUT2D eigenvalue weighted by molar-refractivity contribution is 5.47. The quantitative estimate of drug-likeness (QED) is 0.911. The summed E-state index contributed by atoms with van der Waals surface area (Å²) in [5.74, 6) is 0. The molecular weight excluding hydrogens is 234 g/mol. The van der Waals surface area contributed by atoms with Crippen molar-refractivity contribution in [3.05, 3.63) is 53.9 Å². The average Bonchev–Trinajstić information content (AvgIpc) is 2.94. The van der Waals surface area contributed by atoms with Gasteiger partial charge in [0.25, 0.3) is 0 Å². The Kier molecular flexibility index (Phi) is 3.56. The molecule has 0 unspecified atom stereocenters. The molecule has 0 bridgehead atoms. The first-order valence-corrected chi connectivity index (χ1v) is 6.97. The third-order valence-corrected chi connectivity index (χ3v) is 3.84. The van der Waals surface area contributed by atoms with Gasteiger partial charge in [0.15, 0.2) is 0 Å². The lowest BCUT2D eigenvalue weighted by Gasteiger charge is -2.36. The number of H-pyrrole nitrogens is 1. The smallest absolute Gasteiger partial charge is 0.0367 e. The molecule has 3 heteroatoms. The fourth-order valence-corrected chi connectivity index (χ4v) is 2.63. The molecule has 0 saturated carbocycles. The van der Waals surface area contributed by atoms with Gasteiger partial charge in [-0.15, -0.1) is 0 Å². The fraction of sp³-hybridized carbons (Fsp3) is 0.375. The normalized spacial score (nSPS) is 16.8. The molecule has 3 nitrogen and oxygen atoms in total. The minimum atomic E-state index is 1.06. The SMILES string of the molecule is Cc1ccc(N2CCN(Cc3cc[nH]c3)CC2)cc1. The highest BCUT2D eigenvalue weighted by Gasteiger charge is 2.17. The van der Waals surface area contributed by atoms with Crippen LogP contribution in [0.3, 0.4) is 0 Å². The molecular formula is C16H21N3. The molecule has 0 spiro atoms. The van der Waals surface area contributed by atoms with Crippen molar-refractivity contribution in [2.24, 2.45) is 0 Å². The van der Waals surface area contributed by atoms with E-state index in [0.29, 0.717) is 0 Å². The van der Waals surface area contributed by atoms with E-state index in [-0.39, 0.29) is 0 Å². The van der Waals surface area contributed by atoms with E-state index in [4.69, 9.17) is 0 Å². The van der Waals surface area contributed by atoms with Crippen LogP contribution in [0, 0.1) is 6.92 Å². The number of hydrogen-bond acceptors (Lipinski definition) is 2. The Bertz CT molecular complexity index is 493. The first kappa shape index (κ1) is 12.3. The molecule has 0 atom stereocenters. The molecule has 2 aromatic rings. The van der Waals surface area contributed by atoms with Gasteiger partial charge in [-0.1, -0.05) is 17.7 Å². The average molecular weight is 255 g/mol. The molecule has 0 radical (unpaired) electrons. The first-order valence-electron chi connectivity index (χ1n) is 6.97. The van der Waals surface area contributed by atoms with Crippen LogP contribution < -0.4 is 4.90 Å². The molecule has 2 heterocycles. The molecule has 100 valence electrons. The van der Waals surface area contributed by atoms with E-state index >= 15 is 0 Å². The van der Waals surface area contributed by atoms with Gasteiger partial charge in [0.1, 0.15) is 0 Å². The van der Waals surface area contributed by atoms with Crippen molar-refractivity contribution in [2.45, 2.75) is 13.5 Å². The lowest BCUT2D eigenvalue weighted by molar-refractivity contribution is 0.250. The molecule has 0 amide bonds. The number of nitrogens with zero attached hydrogens (tertiary/aromatic N) is 2. The summed E-state index contributed by atoms with van der Waals surface area (Å²) >= 11 is 0. The second-order valence-corrected chi connectivity index (χ2v) is 5.32. The Morgan fingerprint density at radius 3 is 2.37 bits per heavy atom. The highest BCUT2D eigenvalue weighted by Crippen LogP contribution is 2.17. The predicted octanol–water partition coefficient (Wildman–Crippen LogP) is 2.65. The van der Waals surface area contributed by atoms with Crippen molar-refractivity contribution in [2.75, 3.05) is 31.1 Å². The third kappa shape index (κ3) is 2.99. The molecule has 19 heavy (non-hydrogen) atoms. The number of hydrogen-bond donors (Lipinski definition) is 1. The second kappa shape index (κ2) is 5.49. The van der Waals surface area contributed by atoms with Gasteiger partial charge in [-0.2, -0.15) is 0 Å². The Morgan fingerprint density at radius 1 is 1.00 bits per heavy atom. The van der Waals surface area contributed by atoms with Crippen molar-refractivity contribution < 1.29 is 0 Å². The van der Waals surface area contributed by atoms with E-state index in [1.807, 2.05) is 6.20 Å². The minimum absolute atomic E-state index is 1.06. The van der Waals surface area contributed by atoms with Gasteiger partial charge in [0.2, 0.25) is 0 Å². The number of aromatic amines is 1. The van der Waals surface area contributed by atoms with Gasteiger partial charge in [0, 0.05) is 50.8 Å². The van der Waals surface area contributed by atoms with Gasteiger partial charge in [0.05, 0.1) is 0 Å². The van der Waals surface area contributed by atoms with Crippen LogP contribution in [-0.4, -0.2) is 36.1 Å². The molecule has 1 N–H and O–H groups in total. The van der Waals surface area contributed by atoms with E-state index in [2.05, 4.69) is 58.2 Å². The summed E-state index contributed by atoms with van der Waals surface area (Å²) in [6, 6.07) is 11.0. The van der Waals surface area contributed by atoms with Crippen LogP contribution in [0.2, 0.25) is 0 Å². The van der Waals surface area contributed by atoms with Crippen LogP contribution in [0.5, 0.6) is 0 Å².